The summed E-state index contributed by atoms with van der Waals surface area (Å²) in [6.45, 7) is 5.96. The number of rotatable bonds is 10. The van der Waals surface area contributed by atoms with Gasteiger partial charge in [-0.1, -0.05) is 20.8 Å². The van der Waals surface area contributed by atoms with Crippen molar-refractivity contribution in [2.45, 2.75) is 40.0 Å². The van der Waals surface area contributed by atoms with Crippen molar-refractivity contribution in [3.8, 4) is 11.5 Å². The van der Waals surface area contributed by atoms with Crippen LogP contribution in [0.3, 0.4) is 0 Å². The lowest BCUT2D eigenvalue weighted by molar-refractivity contribution is -0.150. The molecule has 29 heavy (non-hydrogen) atoms. The minimum atomic E-state index is -0.756. The molecule has 0 aliphatic heterocycles. The van der Waals surface area contributed by atoms with Gasteiger partial charge in [-0.15, -0.1) is 0 Å². The smallest absolute Gasteiger partial charge is 0.308 e. The summed E-state index contributed by atoms with van der Waals surface area (Å²) in [6, 6.07) is 1.51. The zero-order valence-electron chi connectivity index (χ0n) is 18.0. The predicted molar refractivity (Wildman–Crippen MR) is 106 cm³/mol. The zero-order chi connectivity index (χ0) is 22.7. The first-order valence-corrected chi connectivity index (χ1v) is 9.08. The largest absolute Gasteiger partial charge is 0.493 e. The van der Waals surface area contributed by atoms with Crippen LogP contribution in [0.15, 0.2) is 12.3 Å². The quantitative estimate of drug-likeness (QED) is 0.449. The molecule has 0 aliphatic carbocycles. The van der Waals surface area contributed by atoms with Crippen LogP contribution in [0.5, 0.6) is 11.5 Å². The number of nitrogens with two attached hydrogens (primary N) is 1. The van der Waals surface area contributed by atoms with Crippen LogP contribution in [-0.4, -0.2) is 57.6 Å². The maximum atomic E-state index is 11.2. The van der Waals surface area contributed by atoms with Crippen LogP contribution < -0.4 is 15.2 Å². The van der Waals surface area contributed by atoms with E-state index in [1.54, 1.807) is 7.11 Å². The molecule has 1 aromatic heterocycles. The van der Waals surface area contributed by atoms with Gasteiger partial charge >= 0.3 is 11.9 Å². The molecular weight excluding hydrogens is 384 g/mol. The summed E-state index contributed by atoms with van der Waals surface area (Å²) in [6.07, 6.45) is 2.69. The molecule has 1 amide bonds. The van der Waals surface area contributed by atoms with Crippen LogP contribution in [0.25, 0.3) is 0 Å². The van der Waals surface area contributed by atoms with Crippen molar-refractivity contribution in [1.82, 2.24) is 4.98 Å². The molecular formula is C19H32N2O8. The van der Waals surface area contributed by atoms with E-state index in [4.69, 9.17) is 19.9 Å². The van der Waals surface area contributed by atoms with Gasteiger partial charge in [0.1, 0.15) is 0 Å². The van der Waals surface area contributed by atoms with E-state index < -0.39 is 5.91 Å². The third-order valence-electron chi connectivity index (χ3n) is 2.94. The first kappa shape index (κ1) is 28.3. The van der Waals surface area contributed by atoms with Crippen molar-refractivity contribution in [1.29, 1.82) is 0 Å². The third-order valence-corrected chi connectivity index (χ3v) is 2.94. The number of amides is 1. The Hall–Kier alpha value is -2.88. The lowest BCUT2D eigenvalue weighted by atomic mass is 10.3. The second-order valence-electron chi connectivity index (χ2n) is 4.90. The normalized spacial score (nSPS) is 9.03. The summed E-state index contributed by atoms with van der Waals surface area (Å²) in [5.41, 5.74) is 5.09. The van der Waals surface area contributed by atoms with Gasteiger partial charge in [-0.05, 0) is 6.42 Å². The molecule has 0 unspecified atom stereocenters. The molecule has 0 fully saturated rings. The average Bonchev–Trinajstić information content (AvgIpc) is 2.73. The van der Waals surface area contributed by atoms with E-state index in [1.165, 1.54) is 26.5 Å². The molecule has 0 atom stereocenters. The molecule has 10 nitrogen and oxygen atoms in total. The Morgan fingerprint density at radius 2 is 1.72 bits per heavy atom. The summed E-state index contributed by atoms with van der Waals surface area (Å²) in [7, 11) is 4.32. The Morgan fingerprint density at radius 3 is 2.21 bits per heavy atom. The van der Waals surface area contributed by atoms with E-state index in [2.05, 4.69) is 14.5 Å². The van der Waals surface area contributed by atoms with Gasteiger partial charge in [-0.2, -0.15) is 0 Å². The van der Waals surface area contributed by atoms with Gasteiger partial charge in [0, 0.05) is 25.8 Å². The lowest BCUT2D eigenvalue weighted by Gasteiger charge is -2.12. The number of primary amides is 1. The Labute approximate surface area is 171 Å². The summed E-state index contributed by atoms with van der Waals surface area (Å²) in [5.74, 6) is -1.02. The fourth-order valence-electron chi connectivity index (χ4n) is 1.62. The Balaban J connectivity index is 0. The number of methoxy groups -OCH3 is 3. The van der Waals surface area contributed by atoms with Gasteiger partial charge in [0.25, 0.3) is 5.91 Å². The van der Waals surface area contributed by atoms with Gasteiger partial charge in [0.2, 0.25) is 6.79 Å². The molecule has 166 valence electrons. The zero-order valence-corrected chi connectivity index (χ0v) is 18.0. The molecule has 1 rings (SSSR count). The Kier molecular flexibility index (Phi) is 18.1. The topological polar surface area (TPSA) is 136 Å². The number of ether oxygens (including phenoxy) is 5. The van der Waals surface area contributed by atoms with Crippen molar-refractivity contribution in [3.63, 3.8) is 0 Å². The van der Waals surface area contributed by atoms with Crippen molar-refractivity contribution in [2.75, 3.05) is 34.7 Å². The first-order chi connectivity index (χ1) is 13.9. The minimum Gasteiger partial charge on any atom is -0.493 e. The number of hydrogen-bond acceptors (Lipinski definition) is 9. The van der Waals surface area contributed by atoms with Crippen LogP contribution >= 0.6 is 0 Å². The molecule has 1 aromatic rings. The molecule has 0 aromatic carbocycles. The van der Waals surface area contributed by atoms with Crippen LogP contribution in [0.2, 0.25) is 0 Å². The minimum absolute atomic E-state index is 0.0572. The van der Waals surface area contributed by atoms with E-state index in [9.17, 15) is 14.4 Å². The summed E-state index contributed by atoms with van der Waals surface area (Å²) >= 11 is 0. The molecule has 0 bridgehead atoms. The number of carbonyl (C=O) groups is 3. The molecule has 0 saturated heterocycles. The average molecular weight is 416 g/mol. The number of esters is 2. The molecule has 2 N–H and O–H groups in total. The highest BCUT2D eigenvalue weighted by Crippen LogP contribution is 2.29. The number of carbonyl (C=O) groups excluding carboxylic acids is 3. The second-order valence-corrected chi connectivity index (χ2v) is 4.90. The van der Waals surface area contributed by atoms with Crippen molar-refractivity contribution < 1.29 is 38.1 Å². The van der Waals surface area contributed by atoms with Gasteiger partial charge in [0.05, 0.1) is 27.2 Å². The molecule has 0 aliphatic rings. The Bertz CT molecular complexity index is 608. The molecule has 0 spiro atoms. The number of pyridine rings is 1. The summed E-state index contributed by atoms with van der Waals surface area (Å²) < 4.78 is 24.0. The summed E-state index contributed by atoms with van der Waals surface area (Å²) in [4.78, 5) is 36.4. The monoisotopic (exact) mass is 416 g/mol. The van der Waals surface area contributed by atoms with Gasteiger partial charge < -0.3 is 29.4 Å². The van der Waals surface area contributed by atoms with Crippen LogP contribution in [0.1, 0.15) is 50.5 Å². The molecule has 0 radical (unpaired) electrons. The van der Waals surface area contributed by atoms with Crippen LogP contribution in [-0.2, 0) is 23.8 Å². The van der Waals surface area contributed by atoms with Gasteiger partial charge in [-0.3, -0.25) is 14.4 Å². The summed E-state index contributed by atoms with van der Waals surface area (Å²) in [5, 5.41) is 0. The van der Waals surface area contributed by atoms with Crippen molar-refractivity contribution >= 4 is 17.8 Å². The SMILES string of the molecule is CC.CCCC(=O)OCOc1c(OC)ccnc1C(N)=O.COCCC(=O)OC. The first-order valence-electron chi connectivity index (χ1n) is 9.08. The number of hydrogen-bond donors (Lipinski definition) is 1. The predicted octanol–water partition coefficient (Wildman–Crippen LogP) is 2.09. The second kappa shape index (κ2) is 18.5. The fourth-order valence-corrected chi connectivity index (χ4v) is 1.62. The van der Waals surface area contributed by atoms with Crippen LogP contribution in [0, 0.1) is 0 Å². The van der Waals surface area contributed by atoms with Crippen molar-refractivity contribution in [2.24, 2.45) is 5.73 Å². The molecule has 1 heterocycles. The highest BCUT2D eigenvalue weighted by atomic mass is 16.7. The van der Waals surface area contributed by atoms with E-state index in [-0.39, 0.29) is 35.9 Å². The van der Waals surface area contributed by atoms with Gasteiger partial charge in [-0.25, -0.2) is 4.98 Å². The third kappa shape index (κ3) is 13.0. The standard InChI is InChI=1S/C12H16N2O5.C5H10O3.C2H6/c1-3-4-9(15)18-7-19-11-8(17-2)5-6-14-10(11)12(13)16;1-7-4-3-5(6)8-2;1-2/h5-6H,3-4,7H2,1-2H3,(H2,13,16);3-4H2,1-2H3;1-2H3. The lowest BCUT2D eigenvalue weighted by Crippen LogP contribution is -2.17. The highest BCUT2D eigenvalue weighted by Gasteiger charge is 2.17. The highest BCUT2D eigenvalue weighted by molar-refractivity contribution is 5.94. The molecule has 0 saturated carbocycles. The van der Waals surface area contributed by atoms with E-state index >= 15 is 0 Å². The number of aromatic nitrogens is 1. The van der Waals surface area contributed by atoms with Crippen molar-refractivity contribution in [3.05, 3.63) is 18.0 Å². The van der Waals surface area contributed by atoms with E-state index in [0.29, 0.717) is 25.9 Å². The fraction of sp³-hybridized carbons (Fsp3) is 0.579. The van der Waals surface area contributed by atoms with E-state index in [0.717, 1.165) is 0 Å². The van der Waals surface area contributed by atoms with Gasteiger partial charge in [0.15, 0.2) is 17.2 Å². The maximum Gasteiger partial charge on any atom is 0.308 e. The van der Waals surface area contributed by atoms with Crippen LogP contribution in [0.4, 0.5) is 0 Å². The molecule has 10 heteroatoms. The maximum absolute atomic E-state index is 11.2. The Morgan fingerprint density at radius 1 is 1.07 bits per heavy atom. The number of nitrogens with zero attached hydrogens (tertiary/aromatic N) is 1. The van der Waals surface area contributed by atoms with E-state index in [1.807, 2.05) is 20.8 Å².